The van der Waals surface area contributed by atoms with Crippen molar-refractivity contribution in [3.05, 3.63) is 90.4 Å². The number of benzene rings is 2. The molecule has 2 unspecified atom stereocenters. The van der Waals surface area contributed by atoms with Crippen molar-refractivity contribution in [1.29, 1.82) is 0 Å². The molecule has 0 fully saturated rings. The minimum Gasteiger partial charge on any atom is -0.464 e. The van der Waals surface area contributed by atoms with Gasteiger partial charge in [0.2, 0.25) is 0 Å². The second-order valence-corrected chi connectivity index (χ2v) is 6.64. The van der Waals surface area contributed by atoms with Crippen LogP contribution in [0.3, 0.4) is 0 Å². The topological polar surface area (TPSA) is 93.1 Å². The molecule has 2 aromatic carbocycles. The molecule has 0 amide bonds. The summed E-state index contributed by atoms with van der Waals surface area (Å²) < 4.78 is 17.0. The molecule has 7 heteroatoms. The molecule has 0 saturated heterocycles. The Morgan fingerprint density at radius 1 is 1.06 bits per heavy atom. The van der Waals surface area contributed by atoms with E-state index in [4.69, 9.17) is 6.11 Å². The molecule has 1 radical (unpaired) electrons. The van der Waals surface area contributed by atoms with Gasteiger partial charge in [-0.2, -0.15) is 0 Å². The molecule has 0 aliphatic rings. The van der Waals surface area contributed by atoms with Crippen molar-refractivity contribution in [2.45, 2.75) is 38.9 Å². The molecular weight excluding hydrogens is 497 g/mol. The van der Waals surface area contributed by atoms with Gasteiger partial charge in [-0.1, -0.05) is 74.0 Å². The van der Waals surface area contributed by atoms with Crippen molar-refractivity contribution >= 4 is 11.9 Å². The van der Waals surface area contributed by atoms with Crippen molar-refractivity contribution in [2.24, 2.45) is 0 Å². The van der Waals surface area contributed by atoms with Gasteiger partial charge in [-0.25, -0.2) is 28.2 Å². The minimum atomic E-state index is -2.31. The molecule has 2 atom stereocenters. The van der Waals surface area contributed by atoms with E-state index in [1.54, 1.807) is 62.4 Å². The molecule has 0 aliphatic heterocycles. The first kappa shape index (κ1) is 27.6. The zero-order valence-electron chi connectivity index (χ0n) is 19.6. The van der Waals surface area contributed by atoms with E-state index in [2.05, 4.69) is 11.7 Å². The molecule has 0 bridgehead atoms. The van der Waals surface area contributed by atoms with E-state index in [9.17, 15) is 19.8 Å². The Morgan fingerprint density at radius 3 is 2.03 bits per heavy atom. The average Bonchev–Trinajstić information content (AvgIpc) is 2.79. The van der Waals surface area contributed by atoms with Crippen molar-refractivity contribution in [3.8, 4) is 0 Å². The Kier molecular flexibility index (Phi) is 13.2. The molecule has 0 spiro atoms. The summed E-state index contributed by atoms with van der Waals surface area (Å²) in [7, 11) is 0. The number of allylic oxidation sites excluding steroid dienone is 1. The molecule has 6 nitrogen and oxygen atoms in total. The molecule has 0 aliphatic carbocycles. The minimum absolute atomic E-state index is 0. The number of esters is 2. The Balaban J connectivity index is 0.000000620. The van der Waals surface area contributed by atoms with E-state index in [1.807, 2.05) is 13.0 Å². The fraction of sp³-hybridized carbons (Fsp3) is 0.320. The van der Waals surface area contributed by atoms with Crippen LogP contribution in [0.25, 0.3) is 0 Å². The van der Waals surface area contributed by atoms with Crippen LogP contribution < -0.4 is 0 Å². The zero-order valence-corrected chi connectivity index (χ0v) is 20.3. The molecular formula is C25H31O6Ru. The summed E-state index contributed by atoms with van der Waals surface area (Å²) in [6.07, 6.45) is -0.424. The van der Waals surface area contributed by atoms with E-state index in [-0.39, 0.29) is 44.7 Å². The van der Waals surface area contributed by atoms with Gasteiger partial charge < -0.3 is 19.7 Å². The van der Waals surface area contributed by atoms with Crippen molar-refractivity contribution < 1.29 is 50.1 Å². The summed E-state index contributed by atoms with van der Waals surface area (Å²) in [6, 6.07) is 16.9. The molecule has 2 N–H and O–H groups in total. The van der Waals surface area contributed by atoms with Gasteiger partial charge in [-0.3, -0.25) is 0 Å². The predicted molar refractivity (Wildman–Crippen MR) is 119 cm³/mol. The molecule has 0 heterocycles. The molecule has 32 heavy (non-hydrogen) atoms. The van der Waals surface area contributed by atoms with E-state index >= 15 is 0 Å². The quantitative estimate of drug-likeness (QED) is 0.306. The second-order valence-electron chi connectivity index (χ2n) is 6.64. The molecule has 0 aromatic heterocycles. The van der Waals surface area contributed by atoms with Gasteiger partial charge in [0.05, 0.1) is 14.6 Å². The summed E-state index contributed by atoms with van der Waals surface area (Å²) in [5.41, 5.74) is -0.107. The smallest absolute Gasteiger partial charge is 0.464 e. The summed E-state index contributed by atoms with van der Waals surface area (Å²) in [4.78, 5) is 23.2. The first-order valence-electron chi connectivity index (χ1n) is 10.5. The Morgan fingerprint density at radius 2 is 1.56 bits per heavy atom. The van der Waals surface area contributed by atoms with Crippen LogP contribution in [0, 0.1) is 6.92 Å². The fourth-order valence-electron chi connectivity index (χ4n) is 2.52. The zero-order chi connectivity index (χ0) is 24.2. The average molecular weight is 530 g/mol. The van der Waals surface area contributed by atoms with Gasteiger partial charge in [0.15, 0.2) is 11.7 Å². The van der Waals surface area contributed by atoms with Gasteiger partial charge in [-0.15, -0.1) is 0 Å². The van der Waals surface area contributed by atoms with Crippen molar-refractivity contribution in [3.63, 3.8) is 0 Å². The van der Waals surface area contributed by atoms with Crippen LogP contribution in [0.1, 0.15) is 45.8 Å². The van der Waals surface area contributed by atoms with Crippen LogP contribution in [-0.4, -0.2) is 35.4 Å². The number of carbonyl (C=O) groups is 2. The number of aliphatic hydroxyl groups is 2. The fourth-order valence-corrected chi connectivity index (χ4v) is 2.52. The maximum absolute atomic E-state index is 12.0. The van der Waals surface area contributed by atoms with Crippen LogP contribution in [0.4, 0.5) is 0 Å². The van der Waals surface area contributed by atoms with Crippen molar-refractivity contribution in [1.82, 2.24) is 0 Å². The number of hydrogen-bond donors (Lipinski definition) is 2. The van der Waals surface area contributed by atoms with Gasteiger partial charge >= 0.3 is 31.4 Å². The van der Waals surface area contributed by atoms with E-state index in [1.165, 1.54) is 12.1 Å². The Labute approximate surface area is 204 Å². The molecule has 2 aromatic rings. The summed E-state index contributed by atoms with van der Waals surface area (Å²) in [5, 5.41) is 20.2. The number of hydrogen-bond acceptors (Lipinski definition) is 6. The Hall–Kier alpha value is -2.47. The SMILES string of the molecule is [2H]C(O)(C(=O)OCC)c1ccccc1.[CH2-]/C(C)=C\CC(O)(C(=O)OCC)c1ccccc1.[Ru+]. The summed E-state index contributed by atoms with van der Waals surface area (Å²) >= 11 is 0. The van der Waals surface area contributed by atoms with Gasteiger partial charge in [0.25, 0.3) is 0 Å². The van der Waals surface area contributed by atoms with Crippen LogP contribution in [-0.2, 0) is 44.1 Å². The molecule has 175 valence electrons. The molecule has 2 rings (SSSR count). The summed E-state index contributed by atoms with van der Waals surface area (Å²) in [5.74, 6) is -1.58. The number of ether oxygens (including phenoxy) is 2. The van der Waals surface area contributed by atoms with E-state index < -0.39 is 23.6 Å². The van der Waals surface area contributed by atoms with Crippen LogP contribution in [0.15, 0.2) is 72.3 Å². The number of carbonyl (C=O) groups excluding carboxylic acids is 2. The first-order chi connectivity index (χ1) is 15.1. The standard InChI is InChI=1S/C15H19O3.C10H12O3.Ru/c1-4-18-14(16)15(17,11-10-12(2)3)13-8-6-5-7-9-13;1-2-13-10(12)9(11)8-6-4-3-5-7-8;/h5-10,17H,2,4,11H2,1,3H3;3-7,9,11H,2H2,1H3;/q-1;;+1/b12-10+;;/i;9D;. The largest absolute Gasteiger partial charge is 1.00 e. The predicted octanol–water partition coefficient (Wildman–Crippen LogP) is 3.89. The maximum atomic E-state index is 12.0. The third-order valence-corrected chi connectivity index (χ3v) is 4.13. The second kappa shape index (κ2) is 15.4. The van der Waals surface area contributed by atoms with E-state index in [0.717, 1.165) is 5.57 Å². The third kappa shape index (κ3) is 9.35. The van der Waals surface area contributed by atoms with E-state index in [0.29, 0.717) is 5.56 Å². The maximum Gasteiger partial charge on any atom is 1.00 e. The van der Waals surface area contributed by atoms with Crippen LogP contribution in [0.2, 0.25) is 0 Å². The van der Waals surface area contributed by atoms with Gasteiger partial charge in [0.1, 0.15) is 0 Å². The normalized spacial score (nSPS) is 14.8. The van der Waals surface area contributed by atoms with Crippen molar-refractivity contribution in [2.75, 3.05) is 13.2 Å². The Bertz CT molecular complexity index is 882. The summed E-state index contributed by atoms with van der Waals surface area (Å²) in [6.45, 7) is 9.28. The van der Waals surface area contributed by atoms with Crippen LogP contribution in [0.5, 0.6) is 0 Å². The third-order valence-electron chi connectivity index (χ3n) is 4.13. The number of rotatable bonds is 8. The molecule has 0 saturated carbocycles. The monoisotopic (exact) mass is 530 g/mol. The van der Waals surface area contributed by atoms with Crippen LogP contribution >= 0.6 is 0 Å². The van der Waals surface area contributed by atoms with Gasteiger partial charge in [0, 0.05) is 0 Å². The van der Waals surface area contributed by atoms with Gasteiger partial charge in [-0.05, 0) is 25.0 Å². The first-order valence-corrected chi connectivity index (χ1v) is 9.98.